The second kappa shape index (κ2) is 12.8. The van der Waals surface area contributed by atoms with Gasteiger partial charge in [-0.15, -0.1) is 0 Å². The second-order valence-electron chi connectivity index (χ2n) is 9.58. The Bertz CT molecular complexity index is 1380. The normalized spacial score (nSPS) is 25.5. The van der Waals surface area contributed by atoms with E-state index in [-0.39, 0.29) is 30.0 Å². The third-order valence-electron chi connectivity index (χ3n) is 6.58. The molecule has 5 N–H and O–H groups in total. The SMILES string of the molecule is COC(C)COC(=O)[C@H](C)NP(=O)(OC[C@@]1(CF)O[C@@H](c2ccc3c(N)ncnn23)[C@H](O)[C@@H]1O)Oc1ccccc1. The van der Waals surface area contributed by atoms with Crippen molar-refractivity contribution in [3.8, 4) is 5.75 Å². The molecule has 0 radical (unpaired) electrons. The lowest BCUT2D eigenvalue weighted by atomic mass is 9.96. The van der Waals surface area contributed by atoms with E-state index in [2.05, 4.69) is 15.2 Å². The number of aliphatic hydroxyl groups is 2. The Labute approximate surface area is 235 Å². The van der Waals surface area contributed by atoms with E-state index >= 15 is 0 Å². The summed E-state index contributed by atoms with van der Waals surface area (Å²) in [6.45, 7) is 0.849. The van der Waals surface area contributed by atoms with Gasteiger partial charge in [-0.2, -0.15) is 10.2 Å². The molecule has 4 rings (SSSR count). The fourth-order valence-corrected chi connectivity index (χ4v) is 5.70. The van der Waals surface area contributed by atoms with Crippen LogP contribution in [0.3, 0.4) is 0 Å². The smallest absolute Gasteiger partial charge is 0.459 e. The van der Waals surface area contributed by atoms with Gasteiger partial charge in [-0.3, -0.25) is 9.32 Å². The number of hydrogen-bond donors (Lipinski definition) is 4. The van der Waals surface area contributed by atoms with Crippen molar-refractivity contribution in [2.75, 3.05) is 32.7 Å². The molecule has 41 heavy (non-hydrogen) atoms. The molecule has 1 aliphatic rings. The number of nitrogen functional groups attached to an aromatic ring is 1. The van der Waals surface area contributed by atoms with Gasteiger partial charge in [0.05, 0.1) is 18.4 Å². The van der Waals surface area contributed by atoms with Gasteiger partial charge in [-0.05, 0) is 38.1 Å². The molecule has 7 atom stereocenters. The first-order valence-electron chi connectivity index (χ1n) is 12.7. The van der Waals surface area contributed by atoms with Crippen molar-refractivity contribution in [2.24, 2.45) is 0 Å². The number of nitrogens with one attached hydrogen (secondary N) is 1. The summed E-state index contributed by atoms with van der Waals surface area (Å²) < 4.78 is 57.1. The van der Waals surface area contributed by atoms with Crippen LogP contribution in [0.15, 0.2) is 48.8 Å². The summed E-state index contributed by atoms with van der Waals surface area (Å²) in [6, 6.07) is 9.87. The highest BCUT2D eigenvalue weighted by atomic mass is 31.2. The maximum Gasteiger partial charge on any atom is 0.459 e. The largest absolute Gasteiger partial charge is 0.462 e. The van der Waals surface area contributed by atoms with Crippen LogP contribution >= 0.6 is 7.75 Å². The van der Waals surface area contributed by atoms with Crippen LogP contribution in [-0.2, 0) is 28.1 Å². The number of rotatable bonds is 13. The fraction of sp³-hybridized carbons (Fsp3) is 0.480. The number of anilines is 1. The number of nitrogens with two attached hydrogens (primary N) is 1. The minimum absolute atomic E-state index is 0.0543. The van der Waals surface area contributed by atoms with Crippen LogP contribution in [0.5, 0.6) is 5.75 Å². The molecule has 2 aromatic heterocycles. The number of aliphatic hydroxyl groups excluding tert-OH is 2. The van der Waals surface area contributed by atoms with E-state index in [0.29, 0.717) is 5.52 Å². The molecule has 3 aromatic rings. The van der Waals surface area contributed by atoms with Crippen LogP contribution in [0, 0.1) is 0 Å². The third-order valence-corrected chi connectivity index (χ3v) is 8.20. The van der Waals surface area contributed by atoms with Gasteiger partial charge in [0.25, 0.3) is 0 Å². The number of aromatic nitrogens is 3. The number of nitrogens with zero attached hydrogens (tertiary/aromatic N) is 3. The Hall–Kier alpha value is -3.17. The van der Waals surface area contributed by atoms with Gasteiger partial charge in [-0.1, -0.05) is 18.2 Å². The molecule has 224 valence electrons. The van der Waals surface area contributed by atoms with Crippen molar-refractivity contribution in [1.82, 2.24) is 19.7 Å². The predicted octanol–water partition coefficient (Wildman–Crippen LogP) is 1.57. The number of methoxy groups -OCH3 is 1. The Kier molecular flexibility index (Phi) is 9.59. The van der Waals surface area contributed by atoms with Crippen molar-refractivity contribution in [1.29, 1.82) is 0 Å². The predicted molar refractivity (Wildman–Crippen MR) is 143 cm³/mol. The number of hydrogen-bond acceptors (Lipinski definition) is 12. The first-order chi connectivity index (χ1) is 19.5. The van der Waals surface area contributed by atoms with Gasteiger partial charge in [0.15, 0.2) is 5.82 Å². The van der Waals surface area contributed by atoms with E-state index in [9.17, 15) is 24.0 Å². The zero-order chi connectivity index (χ0) is 29.8. The number of carbonyl (C=O) groups excluding carboxylic acids is 1. The summed E-state index contributed by atoms with van der Waals surface area (Å²) in [5, 5.41) is 28.3. The molecule has 0 bridgehead atoms. The average molecular weight is 598 g/mol. The molecule has 1 saturated heterocycles. The standard InChI is InChI=1S/C25H33FN5O9P/c1-15(36-3)11-37-24(34)16(2)30-41(35,40-17-7-5-4-6-8-17)38-13-25(12-26)22(33)20(32)21(39-25)18-9-10-19-23(27)28-14-29-31(18)19/h4-10,14-16,20-22,32-33H,11-13H2,1-3H3,(H,30,35)(H2,27,28,29)/t15?,16-,20-,21-,22-,25+,41?/m0/s1. The number of para-hydroxylation sites is 1. The molecule has 1 fully saturated rings. The highest BCUT2D eigenvalue weighted by molar-refractivity contribution is 7.52. The molecule has 1 aliphatic heterocycles. The van der Waals surface area contributed by atoms with E-state index in [1.165, 1.54) is 37.0 Å². The molecule has 3 heterocycles. The molecular weight excluding hydrogens is 564 g/mol. The van der Waals surface area contributed by atoms with Gasteiger partial charge in [0.1, 0.15) is 60.8 Å². The molecule has 0 saturated carbocycles. The van der Waals surface area contributed by atoms with Crippen LogP contribution in [0.25, 0.3) is 5.52 Å². The van der Waals surface area contributed by atoms with Crippen LogP contribution < -0.4 is 15.3 Å². The zero-order valence-electron chi connectivity index (χ0n) is 22.6. The third kappa shape index (κ3) is 6.67. The number of halogens is 1. The molecule has 16 heteroatoms. The highest BCUT2D eigenvalue weighted by Gasteiger charge is 2.57. The number of esters is 1. The van der Waals surface area contributed by atoms with Crippen LogP contribution in [0.2, 0.25) is 0 Å². The Morgan fingerprint density at radius 3 is 2.68 bits per heavy atom. The van der Waals surface area contributed by atoms with Gasteiger partial charge in [-0.25, -0.2) is 18.5 Å². The maximum atomic E-state index is 14.6. The Morgan fingerprint density at radius 1 is 1.27 bits per heavy atom. The molecule has 0 aliphatic carbocycles. The van der Waals surface area contributed by atoms with Crippen molar-refractivity contribution in [3.63, 3.8) is 0 Å². The quantitative estimate of drug-likeness (QED) is 0.164. The van der Waals surface area contributed by atoms with E-state index in [1.54, 1.807) is 37.3 Å². The molecule has 14 nitrogen and oxygen atoms in total. The lowest BCUT2D eigenvalue weighted by Gasteiger charge is -2.31. The average Bonchev–Trinajstić information content (AvgIpc) is 3.51. The molecule has 1 aromatic carbocycles. The molecular formula is C25H33FN5O9P. The number of ether oxygens (including phenoxy) is 3. The summed E-state index contributed by atoms with van der Waals surface area (Å²) >= 11 is 0. The summed E-state index contributed by atoms with van der Waals surface area (Å²) in [6.07, 6.45) is -3.88. The maximum absolute atomic E-state index is 14.6. The van der Waals surface area contributed by atoms with E-state index in [1.807, 2.05) is 0 Å². The van der Waals surface area contributed by atoms with E-state index < -0.39 is 57.0 Å². The minimum Gasteiger partial charge on any atom is -0.462 e. The van der Waals surface area contributed by atoms with Crippen LogP contribution in [-0.4, -0.2) is 87.7 Å². The first-order valence-corrected chi connectivity index (χ1v) is 14.2. The topological polar surface area (TPSA) is 189 Å². The highest BCUT2D eigenvalue weighted by Crippen LogP contribution is 2.48. The van der Waals surface area contributed by atoms with E-state index in [0.717, 1.165) is 0 Å². The second-order valence-corrected chi connectivity index (χ2v) is 11.3. The summed E-state index contributed by atoms with van der Waals surface area (Å²) in [4.78, 5) is 16.4. The lowest BCUT2D eigenvalue weighted by Crippen LogP contribution is -2.49. The van der Waals surface area contributed by atoms with Crippen molar-refractivity contribution in [3.05, 3.63) is 54.5 Å². The molecule has 2 unspecified atom stereocenters. The Balaban J connectivity index is 1.55. The van der Waals surface area contributed by atoms with Gasteiger partial charge >= 0.3 is 13.7 Å². The number of fused-ring (bicyclic) bond motifs is 1. The van der Waals surface area contributed by atoms with Gasteiger partial charge in [0, 0.05) is 7.11 Å². The number of benzene rings is 1. The summed E-state index contributed by atoms with van der Waals surface area (Å²) in [5.74, 6) is -0.494. The Morgan fingerprint density at radius 2 is 2.00 bits per heavy atom. The monoisotopic (exact) mass is 597 g/mol. The van der Waals surface area contributed by atoms with Crippen molar-refractivity contribution in [2.45, 2.75) is 49.9 Å². The number of alkyl halides is 1. The van der Waals surface area contributed by atoms with Crippen molar-refractivity contribution >= 4 is 25.1 Å². The van der Waals surface area contributed by atoms with E-state index in [4.69, 9.17) is 29.0 Å². The van der Waals surface area contributed by atoms with Crippen LogP contribution in [0.4, 0.5) is 10.2 Å². The zero-order valence-corrected chi connectivity index (χ0v) is 23.5. The molecule has 0 amide bonds. The first kappa shape index (κ1) is 30.8. The van der Waals surface area contributed by atoms with Crippen molar-refractivity contribution < 1.29 is 47.2 Å². The number of carbonyl (C=O) groups is 1. The van der Waals surface area contributed by atoms with Crippen LogP contribution in [0.1, 0.15) is 25.6 Å². The lowest BCUT2D eigenvalue weighted by molar-refractivity contribution is -0.148. The molecule has 0 spiro atoms. The summed E-state index contributed by atoms with van der Waals surface area (Å²) in [7, 11) is -2.99. The van der Waals surface area contributed by atoms with Gasteiger partial charge < -0.3 is 34.7 Å². The van der Waals surface area contributed by atoms with Gasteiger partial charge in [0.2, 0.25) is 0 Å². The minimum atomic E-state index is -4.45. The fourth-order valence-electron chi connectivity index (χ4n) is 4.15. The summed E-state index contributed by atoms with van der Waals surface area (Å²) in [5.41, 5.74) is 4.38.